The summed E-state index contributed by atoms with van der Waals surface area (Å²) >= 11 is 0. The average molecular weight is 928 g/mol. The number of aliphatic hydroxyl groups excluding tert-OH is 8. The van der Waals surface area contributed by atoms with E-state index in [2.05, 4.69) is 32.2 Å². The molecule has 0 aromatic heterocycles. The zero-order chi connectivity index (χ0) is 47.1. The molecular weight excluding hydrogens is 854 g/mol. The number of methoxy groups -OCH3 is 1. The van der Waals surface area contributed by atoms with E-state index in [-0.39, 0.29) is 34.4 Å². The van der Waals surface area contributed by atoms with E-state index in [9.17, 15) is 50.4 Å². The molecule has 0 spiro atoms. The van der Waals surface area contributed by atoms with Crippen molar-refractivity contribution in [3.8, 4) is 0 Å². The summed E-state index contributed by atoms with van der Waals surface area (Å²) in [5, 5.41) is 89.2. The summed E-state index contributed by atoms with van der Waals surface area (Å²) in [5.74, 6) is 0.0493. The van der Waals surface area contributed by atoms with Crippen LogP contribution >= 0.6 is 0 Å². The molecule has 370 valence electrons. The first-order valence-electron chi connectivity index (χ1n) is 23.7. The van der Waals surface area contributed by atoms with Gasteiger partial charge in [0.1, 0.15) is 72.9 Å². The molecule has 4 saturated heterocycles. The minimum absolute atomic E-state index is 0.0287. The number of carbonyl (C=O) groups is 2. The van der Waals surface area contributed by atoms with Crippen molar-refractivity contribution in [3.05, 3.63) is 11.6 Å². The molecule has 4 heterocycles. The Hall–Kier alpha value is -1.76. The minimum atomic E-state index is -1.75. The van der Waals surface area contributed by atoms with Crippen molar-refractivity contribution in [2.24, 2.45) is 40.4 Å². The number of rotatable bonds is 11. The quantitative estimate of drug-likeness (QED) is 0.0936. The van der Waals surface area contributed by atoms with Gasteiger partial charge in [0, 0.05) is 20.1 Å². The van der Waals surface area contributed by atoms with Crippen molar-refractivity contribution < 1.29 is 88.3 Å². The van der Waals surface area contributed by atoms with E-state index in [1.807, 2.05) is 0 Å². The van der Waals surface area contributed by atoms with Crippen LogP contribution in [0.4, 0.5) is 0 Å². The van der Waals surface area contributed by atoms with Gasteiger partial charge < -0.3 is 78.7 Å². The van der Waals surface area contributed by atoms with Crippen LogP contribution in [0.5, 0.6) is 0 Å². The molecule has 25 atom stereocenters. The van der Waals surface area contributed by atoms with Crippen molar-refractivity contribution in [2.75, 3.05) is 20.3 Å². The third-order valence-corrected chi connectivity index (χ3v) is 17.1. The van der Waals surface area contributed by atoms with E-state index in [4.69, 9.17) is 37.9 Å². The predicted molar refractivity (Wildman–Crippen MR) is 224 cm³/mol. The van der Waals surface area contributed by atoms with E-state index in [1.165, 1.54) is 26.5 Å². The fraction of sp³-hybridized carbons (Fsp3) is 0.913. The van der Waals surface area contributed by atoms with Gasteiger partial charge in [0.15, 0.2) is 18.9 Å². The van der Waals surface area contributed by atoms with Gasteiger partial charge in [-0.05, 0) is 100 Å². The van der Waals surface area contributed by atoms with Gasteiger partial charge in [-0.25, -0.2) is 4.79 Å². The highest BCUT2D eigenvalue weighted by atomic mass is 16.8. The summed E-state index contributed by atoms with van der Waals surface area (Å²) in [6, 6.07) is 0. The molecule has 9 N–H and O–H groups in total. The molecule has 2 unspecified atom stereocenters. The molecule has 3 saturated carbocycles. The van der Waals surface area contributed by atoms with Gasteiger partial charge in [-0.3, -0.25) is 10.1 Å². The number of hydrogen-bond donors (Lipinski definition) is 9. The molecule has 0 aromatic carbocycles. The number of allylic oxidation sites excluding steroid dienone is 1. The van der Waals surface area contributed by atoms with Crippen LogP contribution in [-0.4, -0.2) is 183 Å². The Kier molecular flexibility index (Phi) is 14.4. The number of hydrogen-bond acceptors (Lipinski definition) is 19. The molecule has 8 rings (SSSR count). The first-order chi connectivity index (χ1) is 30.7. The lowest BCUT2D eigenvalue weighted by atomic mass is 9.47. The smallest absolute Gasteiger partial charge is 0.354 e. The first kappa shape index (κ1) is 49.7. The van der Waals surface area contributed by atoms with E-state index >= 15 is 0 Å². The maximum absolute atomic E-state index is 13.8. The first-order valence-corrected chi connectivity index (χ1v) is 23.7. The van der Waals surface area contributed by atoms with Crippen molar-refractivity contribution in [1.82, 2.24) is 5.32 Å². The van der Waals surface area contributed by atoms with Crippen LogP contribution < -0.4 is 5.32 Å². The number of carbonyl (C=O) groups excluding carboxylic acids is 2. The molecule has 0 amide bonds. The maximum Gasteiger partial charge on any atom is 0.354 e. The van der Waals surface area contributed by atoms with Gasteiger partial charge in [0.25, 0.3) is 0 Å². The van der Waals surface area contributed by atoms with Gasteiger partial charge in [0.05, 0.1) is 30.8 Å². The van der Waals surface area contributed by atoms with Crippen molar-refractivity contribution in [1.29, 1.82) is 0 Å². The van der Waals surface area contributed by atoms with Crippen LogP contribution in [0.25, 0.3) is 0 Å². The number of Topliss-reactive ketones (excluding diaryl/α,β-unsaturated/α-hetero) is 1. The van der Waals surface area contributed by atoms with E-state index in [0.717, 1.165) is 25.7 Å². The van der Waals surface area contributed by atoms with Crippen LogP contribution in [0.1, 0.15) is 92.9 Å². The average Bonchev–Trinajstić information content (AvgIpc) is 3.81. The fourth-order valence-corrected chi connectivity index (χ4v) is 13.4. The highest BCUT2D eigenvalue weighted by Crippen LogP contribution is 2.67. The topological polar surface area (TPSA) is 282 Å². The Labute approximate surface area is 380 Å². The second kappa shape index (κ2) is 18.9. The molecule has 65 heavy (non-hydrogen) atoms. The van der Waals surface area contributed by atoms with Crippen molar-refractivity contribution in [2.45, 2.75) is 203 Å². The number of esters is 1. The van der Waals surface area contributed by atoms with Crippen LogP contribution in [0.3, 0.4) is 0 Å². The summed E-state index contributed by atoms with van der Waals surface area (Å²) in [7, 11) is 1.51. The van der Waals surface area contributed by atoms with Gasteiger partial charge in [-0.15, -0.1) is 0 Å². The normalized spacial score (nSPS) is 53.4. The van der Waals surface area contributed by atoms with Gasteiger partial charge >= 0.3 is 5.97 Å². The molecule has 0 aromatic rings. The number of ether oxygens (including phenoxy) is 8. The van der Waals surface area contributed by atoms with Crippen molar-refractivity contribution >= 4 is 11.8 Å². The van der Waals surface area contributed by atoms with Gasteiger partial charge in [-0.2, -0.15) is 0 Å². The number of ketones is 1. The monoisotopic (exact) mass is 927 g/mol. The second-order valence-corrected chi connectivity index (χ2v) is 21.1. The molecule has 19 heteroatoms. The number of fused-ring (bicyclic) bond motifs is 5. The summed E-state index contributed by atoms with van der Waals surface area (Å²) < 4.78 is 48.5. The molecule has 0 bridgehead atoms. The summed E-state index contributed by atoms with van der Waals surface area (Å²) in [6.45, 7) is 11.1. The fourth-order valence-electron chi connectivity index (χ4n) is 13.4. The molecule has 4 aliphatic heterocycles. The van der Waals surface area contributed by atoms with Gasteiger partial charge in [0.2, 0.25) is 5.72 Å². The third-order valence-electron chi connectivity index (χ3n) is 17.1. The Morgan fingerprint density at radius 2 is 1.42 bits per heavy atom. The highest BCUT2D eigenvalue weighted by molar-refractivity contribution is 5.83. The molecule has 0 radical (unpaired) electrons. The van der Waals surface area contributed by atoms with Crippen LogP contribution in [0.2, 0.25) is 0 Å². The second-order valence-electron chi connectivity index (χ2n) is 21.1. The number of aliphatic hydroxyl groups is 8. The van der Waals surface area contributed by atoms with Crippen molar-refractivity contribution in [3.63, 3.8) is 0 Å². The third kappa shape index (κ3) is 8.69. The molecule has 8 aliphatic rings. The molecule has 19 nitrogen and oxygen atoms in total. The lowest BCUT2D eigenvalue weighted by Crippen LogP contribution is -2.66. The molecule has 7 fully saturated rings. The Morgan fingerprint density at radius 1 is 0.785 bits per heavy atom. The standard InChI is InChI=1S/C46H73NO18/c1-19-16-46(58-7,47-17-19)43(57)63-28-15-27-25-9-8-23-14-24(10-12-44(23,5)26(25)11-13-45(27,6)30(28)20(2)49)61-42-39(65-41-36(55)34(53)32(51)22(4)60-41)37(56)38(29(18-48)62-42)64-40-35(54)33(52)31(50)21(3)59-40/h8,19,21-22,24-42,47-48,50-56H,9-18H2,1-7H3/t19?,21-,22-,24-,25+,26-,27-,28-,29+,30-,31-,32-,33+,34+,35+,36+,37-,38+,39+,40-,41-,42+,44-,45-,46?/m0/s1. The summed E-state index contributed by atoms with van der Waals surface area (Å²) in [6.07, 6.45) is -15.4. The zero-order valence-electron chi connectivity index (χ0n) is 38.5. The minimum Gasteiger partial charge on any atom is -0.458 e. The largest absolute Gasteiger partial charge is 0.458 e. The lowest BCUT2D eigenvalue weighted by Gasteiger charge is -2.58. The maximum atomic E-state index is 13.8. The summed E-state index contributed by atoms with van der Waals surface area (Å²) in [5.41, 5.74) is -0.561. The lowest BCUT2D eigenvalue weighted by molar-refractivity contribution is -0.388. The summed E-state index contributed by atoms with van der Waals surface area (Å²) in [4.78, 5) is 27.3. The Morgan fingerprint density at radius 3 is 1.98 bits per heavy atom. The molecular formula is C46H73NO18. The van der Waals surface area contributed by atoms with E-state index < -0.39 is 129 Å². The SMILES string of the molecule is COC1(C(=O)O[C@H]2C[C@H]3[C@@H]4CC=C5C[C@@H](O[C@@H]6O[C@H](CO)[C@@H](O[C@@H]7O[C@@H](C)[C@H](O)[C@@H](O)[C@H]7O)[C@H](O)[C@H]6O[C@@H]6O[C@@H](C)[C@H](O)[C@@H](O)[C@H]6O)CC[C@]5(C)[C@H]4CC[C@]3(C)[C@H]2C(C)=O)CC(C)CN1. The molecule has 4 aliphatic carbocycles. The van der Waals surface area contributed by atoms with Gasteiger partial charge in [-0.1, -0.05) is 32.4 Å². The Bertz CT molecular complexity index is 1760. The Balaban J connectivity index is 0.999. The predicted octanol–water partition coefficient (Wildman–Crippen LogP) is -0.463. The van der Waals surface area contributed by atoms with Crippen LogP contribution in [0.15, 0.2) is 11.6 Å². The van der Waals surface area contributed by atoms with E-state index in [0.29, 0.717) is 38.1 Å². The van der Waals surface area contributed by atoms with Crippen LogP contribution in [0, 0.1) is 40.4 Å². The zero-order valence-corrected chi connectivity index (χ0v) is 38.5. The van der Waals surface area contributed by atoms with Crippen LogP contribution in [-0.2, 0) is 47.5 Å². The highest BCUT2D eigenvalue weighted by Gasteiger charge is 2.64. The number of nitrogens with one attached hydrogen (secondary N) is 1. The van der Waals surface area contributed by atoms with E-state index in [1.54, 1.807) is 6.92 Å².